The van der Waals surface area contributed by atoms with Crippen molar-refractivity contribution in [3.8, 4) is 11.5 Å². The van der Waals surface area contributed by atoms with Gasteiger partial charge in [-0.2, -0.15) is 5.10 Å². The molecule has 3 N–H and O–H groups in total. The largest absolute Gasteiger partial charge is 0.463 e. The van der Waals surface area contributed by atoms with E-state index in [0.29, 0.717) is 23.9 Å². The molecule has 0 atom stereocenters. The molecule has 110 valence electrons. The minimum Gasteiger partial charge on any atom is -0.463 e. The van der Waals surface area contributed by atoms with Crippen LogP contribution in [0.4, 0.5) is 5.69 Å². The van der Waals surface area contributed by atoms with Crippen molar-refractivity contribution in [3.05, 3.63) is 34.8 Å². The maximum atomic E-state index is 11.9. The summed E-state index contributed by atoms with van der Waals surface area (Å²) in [7, 11) is 0. The van der Waals surface area contributed by atoms with E-state index in [1.165, 1.54) is 12.3 Å². The number of anilines is 1. The van der Waals surface area contributed by atoms with Gasteiger partial charge in [0.2, 0.25) is 5.91 Å². The molecule has 2 aromatic heterocycles. The Morgan fingerprint density at radius 3 is 3.00 bits per heavy atom. The van der Waals surface area contributed by atoms with E-state index in [-0.39, 0.29) is 18.1 Å². The van der Waals surface area contributed by atoms with Crippen LogP contribution in [0.25, 0.3) is 11.5 Å². The minimum atomic E-state index is -0.480. The van der Waals surface area contributed by atoms with Gasteiger partial charge in [-0.3, -0.25) is 9.59 Å². The molecular formula is C14H16N4O3. The van der Waals surface area contributed by atoms with Crippen molar-refractivity contribution in [2.75, 3.05) is 12.3 Å². The predicted molar refractivity (Wildman–Crippen MR) is 76.3 cm³/mol. The van der Waals surface area contributed by atoms with Crippen molar-refractivity contribution >= 4 is 11.6 Å². The van der Waals surface area contributed by atoms with Crippen LogP contribution < -0.4 is 16.6 Å². The van der Waals surface area contributed by atoms with E-state index in [1.807, 2.05) is 0 Å². The summed E-state index contributed by atoms with van der Waals surface area (Å²) in [6.45, 7) is 0.505. The maximum absolute atomic E-state index is 11.9. The number of furan rings is 1. The van der Waals surface area contributed by atoms with Crippen LogP contribution in [0.2, 0.25) is 0 Å². The highest BCUT2D eigenvalue weighted by Gasteiger charge is 2.22. The zero-order chi connectivity index (χ0) is 14.8. The summed E-state index contributed by atoms with van der Waals surface area (Å²) in [5.74, 6) is 0.833. The molecule has 0 spiro atoms. The summed E-state index contributed by atoms with van der Waals surface area (Å²) < 4.78 is 6.29. The average Bonchev–Trinajstić information content (AvgIpc) is 3.13. The molecule has 0 aliphatic heterocycles. The van der Waals surface area contributed by atoms with Crippen LogP contribution in [0, 0.1) is 5.92 Å². The van der Waals surface area contributed by atoms with Crippen LogP contribution in [0.3, 0.4) is 0 Å². The average molecular weight is 288 g/mol. The molecule has 0 aromatic carbocycles. The maximum Gasteiger partial charge on any atom is 0.290 e. The summed E-state index contributed by atoms with van der Waals surface area (Å²) in [6.07, 6.45) is 3.81. The van der Waals surface area contributed by atoms with Crippen LogP contribution in [0.1, 0.15) is 12.8 Å². The number of carbonyl (C=O) groups excluding carboxylic acids is 1. The van der Waals surface area contributed by atoms with Gasteiger partial charge in [-0.05, 0) is 37.0 Å². The normalized spacial score (nSPS) is 14.1. The number of rotatable bonds is 5. The highest BCUT2D eigenvalue weighted by atomic mass is 16.3. The lowest BCUT2D eigenvalue weighted by molar-refractivity contribution is -0.121. The molecule has 2 heterocycles. The molecule has 7 heteroatoms. The molecule has 0 saturated heterocycles. The van der Waals surface area contributed by atoms with Gasteiger partial charge in [-0.15, -0.1) is 0 Å². The van der Waals surface area contributed by atoms with E-state index in [4.69, 9.17) is 10.2 Å². The smallest absolute Gasteiger partial charge is 0.290 e. The van der Waals surface area contributed by atoms with Crippen LogP contribution in [0.5, 0.6) is 0 Å². The van der Waals surface area contributed by atoms with Gasteiger partial charge in [0.1, 0.15) is 17.9 Å². The standard InChI is InChI=1S/C14H16N4O3/c15-10-6-11(12-2-1-5-21-12)17-18(14(10)20)8-13(19)16-7-9-3-4-9/h1-2,5-6,9H,3-4,7-8,15H2,(H,16,19). The van der Waals surface area contributed by atoms with E-state index in [9.17, 15) is 9.59 Å². The number of nitrogens with zero attached hydrogens (tertiary/aromatic N) is 2. The van der Waals surface area contributed by atoms with Crippen LogP contribution in [-0.4, -0.2) is 22.2 Å². The molecule has 3 rings (SSSR count). The van der Waals surface area contributed by atoms with E-state index in [0.717, 1.165) is 17.5 Å². The molecule has 0 radical (unpaired) electrons. The van der Waals surface area contributed by atoms with Gasteiger partial charge in [0.15, 0.2) is 5.76 Å². The third-order valence-electron chi connectivity index (χ3n) is 3.35. The molecule has 2 aromatic rings. The second-order valence-electron chi connectivity index (χ2n) is 5.17. The van der Waals surface area contributed by atoms with Gasteiger partial charge >= 0.3 is 0 Å². The summed E-state index contributed by atoms with van der Waals surface area (Å²) in [4.78, 5) is 23.8. The molecule has 1 fully saturated rings. The number of amides is 1. The fraction of sp³-hybridized carbons (Fsp3) is 0.357. The van der Waals surface area contributed by atoms with E-state index in [1.54, 1.807) is 12.1 Å². The van der Waals surface area contributed by atoms with Crippen molar-refractivity contribution in [1.82, 2.24) is 15.1 Å². The zero-order valence-electron chi connectivity index (χ0n) is 11.4. The topological polar surface area (TPSA) is 103 Å². The lowest BCUT2D eigenvalue weighted by Gasteiger charge is -2.08. The summed E-state index contributed by atoms with van der Waals surface area (Å²) in [6, 6.07) is 4.87. The second-order valence-corrected chi connectivity index (χ2v) is 5.17. The zero-order valence-corrected chi connectivity index (χ0v) is 11.4. The van der Waals surface area contributed by atoms with Crippen molar-refractivity contribution in [2.24, 2.45) is 5.92 Å². The molecule has 1 aliphatic rings. The van der Waals surface area contributed by atoms with Gasteiger partial charge in [-0.1, -0.05) is 0 Å². The highest BCUT2D eigenvalue weighted by Crippen LogP contribution is 2.27. The number of carbonyl (C=O) groups is 1. The molecule has 1 aliphatic carbocycles. The van der Waals surface area contributed by atoms with Crippen molar-refractivity contribution in [3.63, 3.8) is 0 Å². The monoisotopic (exact) mass is 288 g/mol. The first-order valence-corrected chi connectivity index (χ1v) is 6.81. The molecule has 7 nitrogen and oxygen atoms in total. The number of hydrogen-bond acceptors (Lipinski definition) is 5. The Labute approximate surface area is 120 Å². The third-order valence-corrected chi connectivity index (χ3v) is 3.35. The minimum absolute atomic E-state index is 0.0337. The van der Waals surface area contributed by atoms with Crippen molar-refractivity contribution in [1.29, 1.82) is 0 Å². The number of nitrogens with two attached hydrogens (primary N) is 1. The molecule has 1 saturated carbocycles. The van der Waals surface area contributed by atoms with Crippen LogP contribution in [-0.2, 0) is 11.3 Å². The Morgan fingerprint density at radius 1 is 1.52 bits per heavy atom. The highest BCUT2D eigenvalue weighted by molar-refractivity contribution is 5.75. The summed E-state index contributed by atoms with van der Waals surface area (Å²) in [5.41, 5.74) is 5.67. The van der Waals surface area contributed by atoms with Crippen molar-refractivity contribution < 1.29 is 9.21 Å². The van der Waals surface area contributed by atoms with E-state index >= 15 is 0 Å². The molecule has 0 bridgehead atoms. The fourth-order valence-corrected chi connectivity index (χ4v) is 1.99. The Bertz CT molecular complexity index is 702. The second kappa shape index (κ2) is 5.43. The Balaban J connectivity index is 1.79. The quantitative estimate of drug-likeness (QED) is 0.839. The number of nitrogens with one attached hydrogen (secondary N) is 1. The van der Waals surface area contributed by atoms with Gasteiger partial charge in [0.05, 0.1) is 6.26 Å². The van der Waals surface area contributed by atoms with Gasteiger partial charge in [-0.25, -0.2) is 4.68 Å². The van der Waals surface area contributed by atoms with Gasteiger partial charge in [0, 0.05) is 6.54 Å². The predicted octanol–water partition coefficient (Wildman–Crippen LogP) is 0.612. The summed E-state index contributed by atoms with van der Waals surface area (Å²) >= 11 is 0. The lowest BCUT2D eigenvalue weighted by atomic mass is 10.3. The number of aromatic nitrogens is 2. The molecular weight excluding hydrogens is 272 g/mol. The fourth-order valence-electron chi connectivity index (χ4n) is 1.99. The molecule has 0 unspecified atom stereocenters. The molecule has 21 heavy (non-hydrogen) atoms. The lowest BCUT2D eigenvalue weighted by Crippen LogP contribution is -2.35. The SMILES string of the molecule is Nc1cc(-c2ccco2)nn(CC(=O)NCC2CC2)c1=O. The first-order valence-electron chi connectivity index (χ1n) is 6.81. The van der Waals surface area contributed by atoms with E-state index in [2.05, 4.69) is 10.4 Å². The first kappa shape index (κ1) is 13.4. The van der Waals surface area contributed by atoms with E-state index < -0.39 is 5.56 Å². The van der Waals surface area contributed by atoms with Gasteiger partial charge in [0.25, 0.3) is 5.56 Å². The Morgan fingerprint density at radius 2 is 2.33 bits per heavy atom. The van der Waals surface area contributed by atoms with Gasteiger partial charge < -0.3 is 15.5 Å². The third kappa shape index (κ3) is 3.13. The molecule has 1 amide bonds. The first-order chi connectivity index (χ1) is 10.1. The van der Waals surface area contributed by atoms with Crippen LogP contribution >= 0.6 is 0 Å². The number of hydrogen-bond donors (Lipinski definition) is 2. The van der Waals surface area contributed by atoms with Crippen LogP contribution in [0.15, 0.2) is 33.7 Å². The summed E-state index contributed by atoms with van der Waals surface area (Å²) in [5, 5.41) is 6.92. The Hall–Kier alpha value is -2.57. The Kier molecular flexibility index (Phi) is 3.47. The van der Waals surface area contributed by atoms with Crippen molar-refractivity contribution in [2.45, 2.75) is 19.4 Å². The number of nitrogen functional groups attached to an aromatic ring is 1.